The molecule has 0 saturated carbocycles. The third-order valence-corrected chi connectivity index (χ3v) is 4.99. The van der Waals surface area contributed by atoms with Crippen molar-refractivity contribution in [3.05, 3.63) is 65.2 Å². The number of nitrogens with one attached hydrogen (secondary N) is 1. The molecule has 27 heavy (non-hydrogen) atoms. The molecule has 0 radical (unpaired) electrons. The van der Waals surface area contributed by atoms with Crippen LogP contribution in [0.5, 0.6) is 5.75 Å². The summed E-state index contributed by atoms with van der Waals surface area (Å²) in [6.07, 6.45) is 2.16. The average molecular weight is 367 g/mol. The average Bonchev–Trinajstić information content (AvgIpc) is 2.63. The molecule has 1 amide bonds. The minimum Gasteiger partial charge on any atom is -0.491 e. The first-order valence-electron chi connectivity index (χ1n) is 9.85. The summed E-state index contributed by atoms with van der Waals surface area (Å²) in [6, 6.07) is 16.4. The van der Waals surface area contributed by atoms with Crippen molar-refractivity contribution < 1.29 is 9.53 Å². The van der Waals surface area contributed by atoms with E-state index in [2.05, 4.69) is 28.4 Å². The van der Waals surface area contributed by atoms with Crippen molar-refractivity contribution in [3.63, 3.8) is 0 Å². The van der Waals surface area contributed by atoms with E-state index >= 15 is 0 Å². The van der Waals surface area contributed by atoms with Crippen LogP contribution in [0.25, 0.3) is 0 Å². The van der Waals surface area contributed by atoms with Crippen molar-refractivity contribution in [1.29, 1.82) is 0 Å². The van der Waals surface area contributed by atoms with Crippen LogP contribution in [0.2, 0.25) is 0 Å². The van der Waals surface area contributed by atoms with Crippen LogP contribution >= 0.6 is 0 Å². The van der Waals surface area contributed by atoms with Gasteiger partial charge in [0.15, 0.2) is 0 Å². The Hall–Kier alpha value is -2.33. The molecule has 0 bridgehead atoms. The van der Waals surface area contributed by atoms with Crippen LogP contribution in [-0.4, -0.2) is 36.0 Å². The molecule has 0 spiro atoms. The normalized spacial score (nSPS) is 15.7. The topological polar surface area (TPSA) is 41.6 Å². The highest BCUT2D eigenvalue weighted by molar-refractivity contribution is 5.95. The van der Waals surface area contributed by atoms with Gasteiger partial charge in [-0.15, -0.1) is 0 Å². The molecule has 0 atom stereocenters. The maximum Gasteiger partial charge on any atom is 0.251 e. The van der Waals surface area contributed by atoms with E-state index < -0.39 is 0 Å². The number of nitrogens with zero attached hydrogens (tertiary/aromatic N) is 1. The molecule has 1 fully saturated rings. The number of hydrogen-bond acceptors (Lipinski definition) is 3. The van der Waals surface area contributed by atoms with Gasteiger partial charge in [-0.3, -0.25) is 9.69 Å². The van der Waals surface area contributed by atoms with Gasteiger partial charge in [-0.05, 0) is 62.9 Å². The molecule has 1 heterocycles. The van der Waals surface area contributed by atoms with E-state index in [4.69, 9.17) is 4.74 Å². The highest BCUT2D eigenvalue weighted by Gasteiger charge is 2.21. The summed E-state index contributed by atoms with van der Waals surface area (Å²) in [5.41, 5.74) is 3.08. The van der Waals surface area contributed by atoms with Crippen LogP contribution in [0.15, 0.2) is 48.5 Å². The fourth-order valence-electron chi connectivity index (χ4n) is 3.57. The molecule has 3 rings (SSSR count). The standard InChI is InChI=1S/C23H30N2O2/c1-17(2)27-21-9-6-8-19(15-21)16-25-13-11-20(12-14-25)24-23(26)22-10-5-4-7-18(22)3/h4-10,15,17,20H,11-14,16H2,1-3H3,(H,24,26). The molecule has 0 unspecified atom stereocenters. The molecule has 4 heteroatoms. The summed E-state index contributed by atoms with van der Waals surface area (Å²) in [4.78, 5) is 14.9. The highest BCUT2D eigenvalue weighted by Crippen LogP contribution is 2.19. The van der Waals surface area contributed by atoms with Gasteiger partial charge in [-0.25, -0.2) is 0 Å². The fraction of sp³-hybridized carbons (Fsp3) is 0.435. The molecule has 0 aromatic heterocycles. The van der Waals surface area contributed by atoms with Crippen molar-refractivity contribution in [2.24, 2.45) is 0 Å². The maximum absolute atomic E-state index is 12.5. The van der Waals surface area contributed by atoms with Crippen molar-refractivity contribution in [3.8, 4) is 5.75 Å². The lowest BCUT2D eigenvalue weighted by atomic mass is 10.0. The van der Waals surface area contributed by atoms with E-state index in [1.165, 1.54) is 5.56 Å². The lowest BCUT2D eigenvalue weighted by molar-refractivity contribution is 0.0908. The first-order chi connectivity index (χ1) is 13.0. The monoisotopic (exact) mass is 366 g/mol. The number of rotatable bonds is 6. The van der Waals surface area contributed by atoms with Crippen LogP contribution in [0.4, 0.5) is 0 Å². The number of aryl methyl sites for hydroxylation is 1. The van der Waals surface area contributed by atoms with Gasteiger partial charge in [0, 0.05) is 31.2 Å². The van der Waals surface area contributed by atoms with Gasteiger partial charge in [0.2, 0.25) is 0 Å². The molecule has 1 aliphatic heterocycles. The Bertz CT molecular complexity index is 764. The first-order valence-corrected chi connectivity index (χ1v) is 9.85. The van der Waals surface area contributed by atoms with Crippen molar-refractivity contribution >= 4 is 5.91 Å². The zero-order valence-electron chi connectivity index (χ0n) is 16.6. The minimum absolute atomic E-state index is 0.0464. The SMILES string of the molecule is Cc1ccccc1C(=O)NC1CCN(Cc2cccc(OC(C)C)c2)CC1. The molecule has 2 aromatic rings. The van der Waals surface area contributed by atoms with Crippen LogP contribution in [0.1, 0.15) is 48.2 Å². The van der Waals surface area contributed by atoms with Crippen LogP contribution in [0.3, 0.4) is 0 Å². The number of amides is 1. The Morgan fingerprint density at radius 2 is 1.89 bits per heavy atom. The van der Waals surface area contributed by atoms with Gasteiger partial charge in [0.25, 0.3) is 5.91 Å². The second-order valence-corrected chi connectivity index (χ2v) is 7.65. The Kier molecular flexibility index (Phi) is 6.51. The number of likely N-dealkylation sites (tertiary alicyclic amines) is 1. The predicted molar refractivity (Wildman–Crippen MR) is 109 cm³/mol. The molecule has 144 valence electrons. The lowest BCUT2D eigenvalue weighted by Gasteiger charge is -2.32. The third-order valence-electron chi connectivity index (χ3n) is 4.99. The third kappa shape index (κ3) is 5.57. The van der Waals surface area contributed by atoms with E-state index in [9.17, 15) is 4.79 Å². The van der Waals surface area contributed by atoms with Gasteiger partial charge in [0.1, 0.15) is 5.75 Å². The molecular formula is C23H30N2O2. The Morgan fingerprint density at radius 3 is 2.59 bits per heavy atom. The summed E-state index contributed by atoms with van der Waals surface area (Å²) in [6.45, 7) is 8.98. The summed E-state index contributed by atoms with van der Waals surface area (Å²) >= 11 is 0. The summed E-state index contributed by atoms with van der Waals surface area (Å²) in [5.74, 6) is 0.980. The van der Waals surface area contributed by atoms with Crippen molar-refractivity contribution in [1.82, 2.24) is 10.2 Å². The first kappa shape index (κ1) is 19.4. The molecule has 2 aromatic carbocycles. The Balaban J connectivity index is 1.49. The zero-order chi connectivity index (χ0) is 19.2. The van der Waals surface area contributed by atoms with Gasteiger partial charge in [0.05, 0.1) is 6.10 Å². The number of piperidine rings is 1. The number of benzene rings is 2. The van der Waals surface area contributed by atoms with E-state index in [0.29, 0.717) is 0 Å². The number of carbonyl (C=O) groups is 1. The summed E-state index contributed by atoms with van der Waals surface area (Å²) in [5, 5.41) is 3.21. The van der Waals surface area contributed by atoms with Crippen molar-refractivity contribution in [2.75, 3.05) is 13.1 Å². The predicted octanol–water partition coefficient (Wildman–Crippen LogP) is 4.18. The van der Waals surface area contributed by atoms with E-state index in [1.54, 1.807) is 0 Å². The van der Waals surface area contributed by atoms with Gasteiger partial charge >= 0.3 is 0 Å². The minimum atomic E-state index is 0.0464. The molecule has 0 aliphatic carbocycles. The number of ether oxygens (including phenoxy) is 1. The van der Waals surface area contributed by atoms with Gasteiger partial charge in [-0.2, -0.15) is 0 Å². The Labute approximate surface area is 162 Å². The smallest absolute Gasteiger partial charge is 0.251 e. The van der Waals surface area contributed by atoms with E-state index in [-0.39, 0.29) is 18.1 Å². The second-order valence-electron chi connectivity index (χ2n) is 7.65. The molecular weight excluding hydrogens is 336 g/mol. The van der Waals surface area contributed by atoms with Crippen LogP contribution < -0.4 is 10.1 Å². The summed E-state index contributed by atoms with van der Waals surface area (Å²) < 4.78 is 5.79. The lowest BCUT2D eigenvalue weighted by Crippen LogP contribution is -2.44. The fourth-order valence-corrected chi connectivity index (χ4v) is 3.57. The highest BCUT2D eigenvalue weighted by atomic mass is 16.5. The quantitative estimate of drug-likeness (QED) is 0.834. The van der Waals surface area contributed by atoms with E-state index in [0.717, 1.165) is 49.4 Å². The molecule has 1 aliphatic rings. The number of hydrogen-bond donors (Lipinski definition) is 1. The number of carbonyl (C=O) groups excluding carboxylic acids is 1. The van der Waals surface area contributed by atoms with E-state index in [1.807, 2.05) is 51.1 Å². The van der Waals surface area contributed by atoms with Crippen LogP contribution in [-0.2, 0) is 6.54 Å². The summed E-state index contributed by atoms with van der Waals surface area (Å²) in [7, 11) is 0. The Morgan fingerprint density at radius 1 is 1.15 bits per heavy atom. The largest absolute Gasteiger partial charge is 0.491 e. The molecule has 1 saturated heterocycles. The van der Waals surface area contributed by atoms with Gasteiger partial charge < -0.3 is 10.1 Å². The second kappa shape index (κ2) is 9.05. The van der Waals surface area contributed by atoms with Crippen LogP contribution in [0, 0.1) is 6.92 Å². The van der Waals surface area contributed by atoms with Gasteiger partial charge in [-0.1, -0.05) is 30.3 Å². The molecule has 4 nitrogen and oxygen atoms in total. The zero-order valence-corrected chi connectivity index (χ0v) is 16.6. The maximum atomic E-state index is 12.5. The molecule has 1 N–H and O–H groups in total. The van der Waals surface area contributed by atoms with Crippen molar-refractivity contribution in [2.45, 2.75) is 52.3 Å².